The molecule has 138 valence electrons. The third-order valence-corrected chi connectivity index (χ3v) is 4.35. The Labute approximate surface area is 161 Å². The maximum absolute atomic E-state index is 13.1. The molecule has 3 aromatic rings. The predicted octanol–water partition coefficient (Wildman–Crippen LogP) is 2.85. The molecule has 28 heavy (non-hydrogen) atoms. The predicted molar refractivity (Wildman–Crippen MR) is 104 cm³/mol. The minimum absolute atomic E-state index is 0.0394. The van der Waals surface area contributed by atoms with E-state index in [4.69, 9.17) is 15.2 Å². The fraction of sp³-hybridized carbons (Fsp3) is 0.0952. The fourth-order valence-corrected chi connectivity index (χ4v) is 2.94. The summed E-state index contributed by atoms with van der Waals surface area (Å²) in [6.45, 7) is 0. The largest absolute Gasteiger partial charge is 0.497 e. The van der Waals surface area contributed by atoms with E-state index in [9.17, 15) is 15.3 Å². The van der Waals surface area contributed by atoms with Crippen molar-refractivity contribution in [3.8, 4) is 40.5 Å². The Bertz CT molecular complexity index is 1170. The molecular formula is C21H16N4O3. The van der Waals surface area contributed by atoms with E-state index in [2.05, 4.69) is 0 Å². The summed E-state index contributed by atoms with van der Waals surface area (Å²) in [5.74, 6) is 1.18. The molecule has 0 amide bonds. The highest BCUT2D eigenvalue weighted by molar-refractivity contribution is 5.81. The van der Waals surface area contributed by atoms with E-state index in [1.807, 2.05) is 12.1 Å². The van der Waals surface area contributed by atoms with Crippen LogP contribution in [0.4, 0.5) is 5.82 Å². The summed E-state index contributed by atoms with van der Waals surface area (Å²) < 4.78 is 11.4. The van der Waals surface area contributed by atoms with Crippen LogP contribution in [0.1, 0.15) is 11.1 Å². The Hall–Kier alpha value is -4.23. The second-order valence-corrected chi connectivity index (χ2v) is 5.80. The molecule has 0 saturated heterocycles. The summed E-state index contributed by atoms with van der Waals surface area (Å²) in [5, 5.41) is 19.4. The summed E-state index contributed by atoms with van der Waals surface area (Å²) in [7, 11) is 3.06. The van der Waals surface area contributed by atoms with Crippen molar-refractivity contribution < 1.29 is 9.47 Å². The topological polar surface area (TPSA) is 114 Å². The maximum Gasteiger partial charge on any atom is 0.275 e. The Morgan fingerprint density at radius 3 is 1.82 bits per heavy atom. The lowest BCUT2D eigenvalue weighted by Crippen LogP contribution is -2.26. The number of ether oxygens (including phenoxy) is 2. The molecule has 0 unspecified atom stereocenters. The molecule has 0 fully saturated rings. The van der Waals surface area contributed by atoms with Gasteiger partial charge in [0.25, 0.3) is 5.56 Å². The van der Waals surface area contributed by atoms with Crippen molar-refractivity contribution in [2.45, 2.75) is 0 Å². The fourth-order valence-electron chi connectivity index (χ4n) is 2.94. The number of nitrogens with zero attached hydrogens (tertiary/aromatic N) is 3. The van der Waals surface area contributed by atoms with Crippen molar-refractivity contribution in [1.82, 2.24) is 4.57 Å². The van der Waals surface area contributed by atoms with E-state index in [-0.39, 0.29) is 22.5 Å². The Morgan fingerprint density at radius 2 is 1.36 bits per heavy atom. The van der Waals surface area contributed by atoms with Gasteiger partial charge >= 0.3 is 0 Å². The highest BCUT2D eigenvalue weighted by Crippen LogP contribution is 2.31. The van der Waals surface area contributed by atoms with Gasteiger partial charge in [-0.2, -0.15) is 10.5 Å². The number of aromatic nitrogens is 1. The molecular weight excluding hydrogens is 356 g/mol. The lowest BCUT2D eigenvalue weighted by atomic mass is 9.96. The molecule has 0 aliphatic heterocycles. The van der Waals surface area contributed by atoms with Crippen LogP contribution in [0.3, 0.4) is 0 Å². The van der Waals surface area contributed by atoms with Crippen LogP contribution in [0.5, 0.6) is 11.5 Å². The number of nitriles is 2. The van der Waals surface area contributed by atoms with Crippen LogP contribution in [-0.4, -0.2) is 18.8 Å². The number of pyridine rings is 1. The molecule has 0 aliphatic carbocycles. The van der Waals surface area contributed by atoms with Crippen LogP contribution in [0, 0.1) is 22.7 Å². The smallest absolute Gasteiger partial charge is 0.275 e. The van der Waals surface area contributed by atoms with E-state index < -0.39 is 5.56 Å². The molecule has 3 rings (SSSR count). The lowest BCUT2D eigenvalue weighted by molar-refractivity contribution is 0.414. The lowest BCUT2D eigenvalue weighted by Gasteiger charge is -2.16. The average molecular weight is 372 g/mol. The molecule has 0 bridgehead atoms. The van der Waals surface area contributed by atoms with Crippen molar-refractivity contribution in [2.24, 2.45) is 0 Å². The van der Waals surface area contributed by atoms with Gasteiger partial charge in [0.15, 0.2) is 0 Å². The maximum atomic E-state index is 13.1. The number of hydrogen-bond donors (Lipinski definition) is 1. The van der Waals surface area contributed by atoms with Gasteiger partial charge in [0.05, 0.1) is 19.9 Å². The van der Waals surface area contributed by atoms with Crippen molar-refractivity contribution in [3.05, 3.63) is 70.0 Å². The third kappa shape index (κ3) is 3.02. The normalized spacial score (nSPS) is 10.0. The summed E-state index contributed by atoms with van der Waals surface area (Å²) in [6.07, 6.45) is 0. The zero-order chi connectivity index (χ0) is 20.3. The van der Waals surface area contributed by atoms with Crippen LogP contribution < -0.4 is 20.8 Å². The molecule has 0 saturated carbocycles. The van der Waals surface area contributed by atoms with Crippen LogP contribution in [0.2, 0.25) is 0 Å². The number of nitrogens with two attached hydrogens (primary N) is 1. The first-order valence-electron chi connectivity index (χ1n) is 8.23. The highest BCUT2D eigenvalue weighted by atomic mass is 16.5. The number of nitrogen functional groups attached to an aromatic ring is 1. The van der Waals surface area contributed by atoms with Crippen molar-refractivity contribution in [1.29, 1.82) is 10.5 Å². The van der Waals surface area contributed by atoms with Gasteiger partial charge in [-0.3, -0.25) is 9.36 Å². The summed E-state index contributed by atoms with van der Waals surface area (Å²) in [5.41, 5.74) is 6.64. The van der Waals surface area contributed by atoms with Crippen LogP contribution in [0.15, 0.2) is 53.3 Å². The standard InChI is InChI=1S/C21H16N4O3/c1-27-15-7-3-13(4-8-15)19-17(11-22)20(24)25(21(26)18(19)12-23)14-5-9-16(28-2)10-6-14/h3-10H,24H2,1-2H3. The van der Waals surface area contributed by atoms with E-state index in [0.29, 0.717) is 22.7 Å². The molecule has 2 N–H and O–H groups in total. The molecule has 7 heteroatoms. The summed E-state index contributed by atoms with van der Waals surface area (Å²) in [4.78, 5) is 13.1. The van der Waals surface area contributed by atoms with E-state index in [1.54, 1.807) is 48.5 Å². The molecule has 2 aromatic carbocycles. The van der Waals surface area contributed by atoms with Crippen molar-refractivity contribution in [3.63, 3.8) is 0 Å². The first kappa shape index (κ1) is 18.6. The molecule has 7 nitrogen and oxygen atoms in total. The molecule has 0 aliphatic rings. The van der Waals surface area contributed by atoms with Gasteiger partial charge in [0.2, 0.25) is 0 Å². The van der Waals surface area contributed by atoms with Gasteiger partial charge in [-0.25, -0.2) is 0 Å². The minimum atomic E-state index is -0.602. The molecule has 0 radical (unpaired) electrons. The zero-order valence-electron chi connectivity index (χ0n) is 15.3. The Balaban J connectivity index is 2.33. The Morgan fingerprint density at radius 1 is 0.857 bits per heavy atom. The number of methoxy groups -OCH3 is 2. The van der Waals surface area contributed by atoms with Crippen LogP contribution in [-0.2, 0) is 0 Å². The van der Waals surface area contributed by atoms with Gasteiger partial charge in [-0.05, 0) is 42.0 Å². The quantitative estimate of drug-likeness (QED) is 0.753. The van der Waals surface area contributed by atoms with E-state index >= 15 is 0 Å². The zero-order valence-corrected chi connectivity index (χ0v) is 15.3. The van der Waals surface area contributed by atoms with E-state index in [0.717, 1.165) is 4.57 Å². The number of anilines is 1. The van der Waals surface area contributed by atoms with Gasteiger partial charge < -0.3 is 15.2 Å². The SMILES string of the molecule is COc1ccc(-c2c(C#N)c(N)n(-c3ccc(OC)cc3)c(=O)c2C#N)cc1. The summed E-state index contributed by atoms with van der Waals surface area (Å²) in [6, 6.07) is 17.3. The first-order valence-corrected chi connectivity index (χ1v) is 8.23. The molecule has 0 atom stereocenters. The highest BCUT2D eigenvalue weighted by Gasteiger charge is 2.22. The van der Waals surface area contributed by atoms with E-state index in [1.165, 1.54) is 14.2 Å². The minimum Gasteiger partial charge on any atom is -0.497 e. The Kier molecular flexibility index (Phi) is 5.01. The average Bonchev–Trinajstić information content (AvgIpc) is 2.74. The molecule has 0 spiro atoms. The number of rotatable bonds is 4. The molecule has 1 heterocycles. The number of benzene rings is 2. The third-order valence-electron chi connectivity index (χ3n) is 4.35. The first-order chi connectivity index (χ1) is 13.5. The number of hydrogen-bond acceptors (Lipinski definition) is 6. The van der Waals surface area contributed by atoms with Gasteiger partial charge in [-0.1, -0.05) is 12.1 Å². The van der Waals surface area contributed by atoms with Crippen LogP contribution in [0.25, 0.3) is 16.8 Å². The van der Waals surface area contributed by atoms with Gasteiger partial charge in [-0.15, -0.1) is 0 Å². The molecule has 1 aromatic heterocycles. The van der Waals surface area contributed by atoms with Crippen molar-refractivity contribution in [2.75, 3.05) is 20.0 Å². The summed E-state index contributed by atoms with van der Waals surface area (Å²) >= 11 is 0. The second kappa shape index (κ2) is 7.56. The van der Waals surface area contributed by atoms with Gasteiger partial charge in [0, 0.05) is 5.56 Å². The van der Waals surface area contributed by atoms with Gasteiger partial charge in [0.1, 0.15) is 40.6 Å². The monoisotopic (exact) mass is 372 g/mol. The van der Waals surface area contributed by atoms with Crippen LogP contribution >= 0.6 is 0 Å². The second-order valence-electron chi connectivity index (χ2n) is 5.80. The van der Waals surface area contributed by atoms with Crippen molar-refractivity contribution >= 4 is 5.82 Å².